The number of rotatable bonds is 10. The normalized spacial score (nSPS) is 14.6. The topological polar surface area (TPSA) is 60.5 Å². The maximum absolute atomic E-state index is 14.9. The number of carbonyl (C=O) groups is 1. The van der Waals surface area contributed by atoms with E-state index in [9.17, 15) is 26.7 Å². The number of carbonyl (C=O) groups excluding carboxylic acids is 1. The SMILES string of the molecule is CO[C@](C(=O)N[C@](Cc1ccccc1)(c1cccc(OC(F)F)c1)c1ccc(Cl)cn1)(c1ccccc1)C(F)(F)F. The Hall–Kier alpha value is -4.02. The predicted octanol–water partition coefficient (Wildman–Crippen LogP) is 7.04. The quantitative estimate of drug-likeness (QED) is 0.201. The first-order valence-corrected chi connectivity index (χ1v) is 12.6. The summed E-state index contributed by atoms with van der Waals surface area (Å²) in [4.78, 5) is 18.4. The average molecular weight is 591 g/mol. The van der Waals surface area contributed by atoms with Crippen LogP contribution in [-0.4, -0.2) is 30.8 Å². The number of amides is 1. The number of halogens is 6. The molecule has 0 aliphatic carbocycles. The third kappa shape index (κ3) is 6.18. The number of aromatic nitrogens is 1. The lowest BCUT2D eigenvalue weighted by atomic mass is 9.79. The van der Waals surface area contributed by atoms with Gasteiger partial charge in [-0.3, -0.25) is 9.78 Å². The highest BCUT2D eigenvalue weighted by atomic mass is 35.5. The van der Waals surface area contributed by atoms with Crippen LogP contribution in [0.2, 0.25) is 5.02 Å². The van der Waals surface area contributed by atoms with E-state index in [4.69, 9.17) is 16.3 Å². The zero-order chi connectivity index (χ0) is 29.7. The van der Waals surface area contributed by atoms with Gasteiger partial charge in [-0.1, -0.05) is 84.4 Å². The second-order valence-electron chi connectivity index (χ2n) is 9.04. The fourth-order valence-corrected chi connectivity index (χ4v) is 4.81. The number of hydrogen-bond donors (Lipinski definition) is 1. The molecule has 0 aliphatic rings. The minimum Gasteiger partial charge on any atom is -0.435 e. The van der Waals surface area contributed by atoms with Crippen molar-refractivity contribution in [2.24, 2.45) is 0 Å². The molecule has 4 aromatic rings. The second kappa shape index (κ2) is 12.2. The van der Waals surface area contributed by atoms with Crippen molar-refractivity contribution < 1.29 is 36.2 Å². The summed E-state index contributed by atoms with van der Waals surface area (Å²) in [5.74, 6) is -1.82. The van der Waals surface area contributed by atoms with Gasteiger partial charge in [-0.15, -0.1) is 0 Å². The summed E-state index contributed by atoms with van der Waals surface area (Å²) < 4.78 is 80.4. The Bertz CT molecular complexity index is 1460. The van der Waals surface area contributed by atoms with Crippen molar-refractivity contribution in [1.82, 2.24) is 10.3 Å². The highest BCUT2D eigenvalue weighted by Crippen LogP contribution is 2.44. The van der Waals surface area contributed by atoms with Crippen molar-refractivity contribution in [2.45, 2.75) is 30.3 Å². The number of alkyl halides is 5. The van der Waals surface area contributed by atoms with Crippen LogP contribution in [0.15, 0.2) is 103 Å². The molecule has 0 aliphatic heterocycles. The number of benzene rings is 3. The van der Waals surface area contributed by atoms with E-state index in [1.165, 1.54) is 60.8 Å². The number of nitrogens with one attached hydrogen (secondary N) is 1. The van der Waals surface area contributed by atoms with Crippen molar-refractivity contribution in [1.29, 1.82) is 0 Å². The Kier molecular flexibility index (Phi) is 8.94. The molecule has 41 heavy (non-hydrogen) atoms. The molecule has 5 nitrogen and oxygen atoms in total. The van der Waals surface area contributed by atoms with Crippen molar-refractivity contribution in [3.05, 3.63) is 131 Å². The van der Waals surface area contributed by atoms with Gasteiger partial charge in [0.1, 0.15) is 11.3 Å². The fraction of sp³-hybridized carbons (Fsp3) is 0.200. The zero-order valence-corrected chi connectivity index (χ0v) is 22.3. The molecule has 0 saturated carbocycles. The van der Waals surface area contributed by atoms with Crippen LogP contribution in [0.4, 0.5) is 22.0 Å². The van der Waals surface area contributed by atoms with Gasteiger partial charge in [0.25, 0.3) is 11.5 Å². The number of hydrogen-bond acceptors (Lipinski definition) is 4. The van der Waals surface area contributed by atoms with Crippen LogP contribution in [0.5, 0.6) is 5.75 Å². The summed E-state index contributed by atoms with van der Waals surface area (Å²) >= 11 is 6.07. The van der Waals surface area contributed by atoms with Gasteiger partial charge in [0.2, 0.25) is 0 Å². The number of nitrogens with zero attached hydrogens (tertiary/aromatic N) is 1. The van der Waals surface area contributed by atoms with E-state index < -0.39 is 35.4 Å². The van der Waals surface area contributed by atoms with E-state index in [2.05, 4.69) is 15.0 Å². The molecule has 3 aromatic carbocycles. The first-order chi connectivity index (χ1) is 19.5. The molecule has 0 radical (unpaired) electrons. The molecular weight excluding hydrogens is 567 g/mol. The van der Waals surface area contributed by atoms with Gasteiger partial charge < -0.3 is 14.8 Å². The van der Waals surface area contributed by atoms with Crippen molar-refractivity contribution >= 4 is 17.5 Å². The molecule has 0 fully saturated rings. The maximum Gasteiger partial charge on any atom is 0.430 e. The van der Waals surface area contributed by atoms with Gasteiger partial charge in [-0.2, -0.15) is 22.0 Å². The number of pyridine rings is 1. The largest absolute Gasteiger partial charge is 0.435 e. The number of methoxy groups -OCH3 is 1. The summed E-state index contributed by atoms with van der Waals surface area (Å²) in [6.45, 7) is -3.17. The van der Waals surface area contributed by atoms with E-state index in [0.717, 1.165) is 19.2 Å². The molecule has 2 atom stereocenters. The Balaban J connectivity index is 1.99. The van der Waals surface area contributed by atoms with Crippen LogP contribution in [0.25, 0.3) is 0 Å². The van der Waals surface area contributed by atoms with Crippen LogP contribution in [0.3, 0.4) is 0 Å². The van der Waals surface area contributed by atoms with Crippen LogP contribution >= 0.6 is 11.6 Å². The van der Waals surface area contributed by atoms with E-state index >= 15 is 0 Å². The second-order valence-corrected chi connectivity index (χ2v) is 9.48. The Morgan fingerprint density at radius 2 is 1.54 bits per heavy atom. The maximum atomic E-state index is 14.9. The average Bonchev–Trinajstić information content (AvgIpc) is 2.94. The van der Waals surface area contributed by atoms with Crippen LogP contribution in [0, 0.1) is 0 Å². The lowest BCUT2D eigenvalue weighted by Gasteiger charge is -2.40. The summed E-state index contributed by atoms with van der Waals surface area (Å²) in [6, 6.07) is 23.3. The fourth-order valence-electron chi connectivity index (χ4n) is 4.69. The van der Waals surface area contributed by atoms with Gasteiger partial charge in [0, 0.05) is 25.3 Å². The summed E-state index contributed by atoms with van der Waals surface area (Å²) in [5, 5.41) is 2.81. The predicted molar refractivity (Wildman–Crippen MR) is 143 cm³/mol. The molecular formula is C30H24ClF5N2O3. The molecule has 0 bridgehead atoms. The minimum atomic E-state index is -5.21. The Morgan fingerprint density at radius 3 is 2.10 bits per heavy atom. The molecule has 0 spiro atoms. The van der Waals surface area contributed by atoms with Gasteiger partial charge in [0.05, 0.1) is 10.7 Å². The standard InChI is InChI=1S/C30H24ClF5N2O3/c1-40-29(30(34,35)36,21-11-6-3-7-12-21)26(39)38-28(18-20-9-4-2-5-10-20,25-16-15-23(31)19-37-25)22-13-8-14-24(17-22)41-27(32)33/h2-17,19,27H,18H2,1H3,(H,38,39)/t28-,29+/m1/s1. The van der Waals surface area contributed by atoms with E-state index in [0.29, 0.717) is 5.56 Å². The Morgan fingerprint density at radius 1 is 0.902 bits per heavy atom. The highest BCUT2D eigenvalue weighted by molar-refractivity contribution is 6.30. The molecule has 4 rings (SSSR count). The highest BCUT2D eigenvalue weighted by Gasteiger charge is 2.63. The zero-order valence-electron chi connectivity index (χ0n) is 21.5. The molecule has 1 aromatic heterocycles. The molecule has 0 saturated heterocycles. The van der Waals surface area contributed by atoms with Gasteiger partial charge >= 0.3 is 12.8 Å². The smallest absolute Gasteiger partial charge is 0.430 e. The lowest BCUT2D eigenvalue weighted by molar-refractivity contribution is -0.266. The summed E-state index contributed by atoms with van der Waals surface area (Å²) in [7, 11) is 0.788. The molecule has 214 valence electrons. The third-order valence-corrected chi connectivity index (χ3v) is 6.78. The van der Waals surface area contributed by atoms with Crippen LogP contribution in [0.1, 0.15) is 22.4 Å². The third-order valence-electron chi connectivity index (χ3n) is 6.56. The molecule has 1 heterocycles. The van der Waals surface area contributed by atoms with E-state index in [1.54, 1.807) is 30.3 Å². The number of ether oxygens (including phenoxy) is 2. The molecule has 0 unspecified atom stereocenters. The monoisotopic (exact) mass is 590 g/mol. The van der Waals surface area contributed by atoms with Gasteiger partial charge in [0.15, 0.2) is 0 Å². The minimum absolute atomic E-state index is 0.0912. The summed E-state index contributed by atoms with van der Waals surface area (Å²) in [6.07, 6.45) is -4.06. The van der Waals surface area contributed by atoms with Gasteiger partial charge in [-0.05, 0) is 35.4 Å². The Labute approximate surface area is 237 Å². The molecule has 1 N–H and O–H groups in total. The first-order valence-electron chi connectivity index (χ1n) is 12.2. The van der Waals surface area contributed by atoms with E-state index in [-0.39, 0.29) is 28.5 Å². The van der Waals surface area contributed by atoms with Crippen molar-refractivity contribution in [3.8, 4) is 5.75 Å². The summed E-state index contributed by atoms with van der Waals surface area (Å²) in [5.41, 5.74) is -4.91. The van der Waals surface area contributed by atoms with E-state index in [1.807, 2.05) is 0 Å². The van der Waals surface area contributed by atoms with Gasteiger partial charge in [-0.25, -0.2) is 0 Å². The first kappa shape index (κ1) is 30.0. The van der Waals surface area contributed by atoms with Crippen LogP contribution < -0.4 is 10.1 Å². The molecule has 1 amide bonds. The van der Waals surface area contributed by atoms with Crippen LogP contribution in [-0.2, 0) is 27.1 Å². The lowest BCUT2D eigenvalue weighted by Crippen LogP contribution is -2.61. The van der Waals surface area contributed by atoms with Crippen molar-refractivity contribution in [2.75, 3.05) is 7.11 Å². The molecule has 11 heteroatoms. The van der Waals surface area contributed by atoms with Crippen molar-refractivity contribution in [3.63, 3.8) is 0 Å².